The van der Waals surface area contributed by atoms with E-state index in [0.717, 1.165) is 0 Å². The van der Waals surface area contributed by atoms with Gasteiger partial charge in [-0.2, -0.15) is 0 Å². The highest BCUT2D eigenvalue weighted by atomic mass is 35.5. The number of halogens is 1. The van der Waals surface area contributed by atoms with Crippen LogP contribution in [0.5, 0.6) is 0 Å². The minimum atomic E-state index is -0.649. The first-order valence-electron chi connectivity index (χ1n) is 6.32. The Morgan fingerprint density at radius 1 is 1.19 bits per heavy atom. The van der Waals surface area contributed by atoms with Gasteiger partial charge in [-0.15, -0.1) is 0 Å². The second-order valence-electron chi connectivity index (χ2n) is 4.07. The third-order valence-corrected chi connectivity index (χ3v) is 2.83. The van der Waals surface area contributed by atoms with Crippen LogP contribution >= 0.6 is 11.6 Å². The van der Waals surface area contributed by atoms with Crippen LogP contribution in [0.25, 0.3) is 0 Å². The summed E-state index contributed by atoms with van der Waals surface area (Å²) in [5.74, 6) is -0.329. The number of anilines is 1. The molecule has 0 atom stereocenters. The SMILES string of the molecule is CCOC(=O)Nc1ccc(Cl)nc1C(=O)c1ccccc1. The molecule has 1 heterocycles. The monoisotopic (exact) mass is 304 g/mol. The minimum absolute atomic E-state index is 0.0711. The molecule has 21 heavy (non-hydrogen) atoms. The Hall–Kier alpha value is -2.40. The van der Waals surface area contributed by atoms with Gasteiger partial charge in [0.05, 0.1) is 12.3 Å². The van der Waals surface area contributed by atoms with Gasteiger partial charge >= 0.3 is 6.09 Å². The molecule has 0 saturated carbocycles. The molecule has 0 radical (unpaired) electrons. The fourth-order valence-electron chi connectivity index (χ4n) is 1.71. The van der Waals surface area contributed by atoms with Crippen LogP contribution in [0.15, 0.2) is 42.5 Å². The molecule has 5 nitrogen and oxygen atoms in total. The average molecular weight is 305 g/mol. The van der Waals surface area contributed by atoms with Gasteiger partial charge in [-0.3, -0.25) is 10.1 Å². The third kappa shape index (κ3) is 3.79. The Balaban J connectivity index is 2.35. The molecule has 0 unspecified atom stereocenters. The first-order chi connectivity index (χ1) is 10.1. The van der Waals surface area contributed by atoms with E-state index in [-0.39, 0.29) is 28.9 Å². The highest BCUT2D eigenvalue weighted by Crippen LogP contribution is 2.20. The van der Waals surface area contributed by atoms with Crippen LogP contribution in [0.1, 0.15) is 23.0 Å². The normalized spacial score (nSPS) is 10.0. The zero-order valence-corrected chi connectivity index (χ0v) is 12.1. The number of ketones is 1. The van der Waals surface area contributed by atoms with E-state index in [2.05, 4.69) is 10.3 Å². The second-order valence-corrected chi connectivity index (χ2v) is 4.46. The number of nitrogens with one attached hydrogen (secondary N) is 1. The predicted octanol–water partition coefficient (Wildman–Crippen LogP) is 3.53. The maximum absolute atomic E-state index is 12.4. The van der Waals surface area contributed by atoms with Crippen molar-refractivity contribution in [2.24, 2.45) is 0 Å². The van der Waals surface area contributed by atoms with E-state index in [4.69, 9.17) is 16.3 Å². The Morgan fingerprint density at radius 2 is 1.90 bits per heavy atom. The van der Waals surface area contributed by atoms with E-state index < -0.39 is 6.09 Å². The molecule has 2 aromatic rings. The Labute approximate surface area is 126 Å². The van der Waals surface area contributed by atoms with Crippen LogP contribution in [-0.2, 0) is 4.74 Å². The zero-order chi connectivity index (χ0) is 15.2. The molecular weight excluding hydrogens is 292 g/mol. The molecule has 1 amide bonds. The number of rotatable bonds is 4. The molecule has 2 rings (SSSR count). The number of hydrogen-bond acceptors (Lipinski definition) is 4. The van der Waals surface area contributed by atoms with Crippen LogP contribution in [0, 0.1) is 0 Å². The summed E-state index contributed by atoms with van der Waals surface area (Å²) in [4.78, 5) is 28.0. The summed E-state index contributed by atoms with van der Waals surface area (Å²) in [6.07, 6.45) is -0.649. The lowest BCUT2D eigenvalue weighted by Gasteiger charge is -2.10. The number of carbonyl (C=O) groups excluding carboxylic acids is 2. The lowest BCUT2D eigenvalue weighted by Crippen LogP contribution is -2.17. The summed E-state index contributed by atoms with van der Waals surface area (Å²) >= 11 is 5.84. The van der Waals surface area contributed by atoms with Crippen molar-refractivity contribution in [2.45, 2.75) is 6.92 Å². The number of hydrogen-bond donors (Lipinski definition) is 1. The van der Waals surface area contributed by atoms with Crippen molar-refractivity contribution in [3.05, 3.63) is 58.9 Å². The van der Waals surface area contributed by atoms with E-state index >= 15 is 0 Å². The lowest BCUT2D eigenvalue weighted by atomic mass is 10.1. The molecular formula is C15H13ClN2O3. The van der Waals surface area contributed by atoms with Gasteiger partial charge in [0.15, 0.2) is 0 Å². The van der Waals surface area contributed by atoms with E-state index in [0.29, 0.717) is 5.56 Å². The largest absolute Gasteiger partial charge is 0.450 e. The maximum Gasteiger partial charge on any atom is 0.411 e. The van der Waals surface area contributed by atoms with Crippen LogP contribution in [0.4, 0.5) is 10.5 Å². The summed E-state index contributed by atoms with van der Waals surface area (Å²) in [6.45, 7) is 1.92. The van der Waals surface area contributed by atoms with E-state index in [1.165, 1.54) is 12.1 Å². The van der Waals surface area contributed by atoms with Gasteiger partial charge in [-0.1, -0.05) is 41.9 Å². The first kappa shape index (κ1) is 15.0. The van der Waals surface area contributed by atoms with E-state index in [1.807, 2.05) is 0 Å². The summed E-state index contributed by atoms with van der Waals surface area (Å²) in [5.41, 5.74) is 0.785. The minimum Gasteiger partial charge on any atom is -0.450 e. The number of benzene rings is 1. The molecule has 1 aromatic heterocycles. The summed E-state index contributed by atoms with van der Waals surface area (Å²) in [6, 6.07) is 11.6. The van der Waals surface area contributed by atoms with Gasteiger partial charge in [0, 0.05) is 5.56 Å². The molecule has 0 aliphatic carbocycles. The van der Waals surface area contributed by atoms with Crippen molar-refractivity contribution in [3.63, 3.8) is 0 Å². The van der Waals surface area contributed by atoms with Gasteiger partial charge in [0.2, 0.25) is 5.78 Å². The Morgan fingerprint density at radius 3 is 2.57 bits per heavy atom. The highest BCUT2D eigenvalue weighted by Gasteiger charge is 2.17. The van der Waals surface area contributed by atoms with Crippen molar-refractivity contribution in [1.29, 1.82) is 0 Å². The second kappa shape index (κ2) is 6.85. The van der Waals surface area contributed by atoms with Crippen molar-refractivity contribution >= 4 is 29.2 Å². The van der Waals surface area contributed by atoms with Gasteiger partial charge in [-0.25, -0.2) is 9.78 Å². The van der Waals surface area contributed by atoms with Crippen molar-refractivity contribution < 1.29 is 14.3 Å². The summed E-state index contributed by atoms with van der Waals surface area (Å²) in [5, 5.41) is 2.66. The van der Waals surface area contributed by atoms with Gasteiger partial charge in [0.25, 0.3) is 0 Å². The lowest BCUT2D eigenvalue weighted by molar-refractivity contribution is 0.103. The standard InChI is InChI=1S/C15H13ClN2O3/c1-2-21-15(20)17-11-8-9-12(16)18-13(11)14(19)10-6-4-3-5-7-10/h3-9H,2H2,1H3,(H,17,20). The number of pyridine rings is 1. The Bertz CT molecular complexity index is 659. The predicted molar refractivity (Wildman–Crippen MR) is 79.8 cm³/mol. The van der Waals surface area contributed by atoms with Crippen molar-refractivity contribution in [2.75, 3.05) is 11.9 Å². The molecule has 0 aliphatic rings. The Kier molecular flexibility index (Phi) is 4.90. The molecule has 1 N–H and O–H groups in total. The molecule has 0 bridgehead atoms. The van der Waals surface area contributed by atoms with Gasteiger partial charge in [-0.05, 0) is 19.1 Å². The topological polar surface area (TPSA) is 68.3 Å². The number of nitrogens with zero attached hydrogens (tertiary/aromatic N) is 1. The maximum atomic E-state index is 12.4. The zero-order valence-electron chi connectivity index (χ0n) is 11.3. The molecule has 0 fully saturated rings. The number of ether oxygens (including phenoxy) is 1. The smallest absolute Gasteiger partial charge is 0.411 e. The van der Waals surface area contributed by atoms with Crippen molar-refractivity contribution in [1.82, 2.24) is 4.98 Å². The van der Waals surface area contributed by atoms with Crippen LogP contribution < -0.4 is 5.32 Å². The quantitative estimate of drug-likeness (QED) is 0.693. The third-order valence-electron chi connectivity index (χ3n) is 2.62. The number of amides is 1. The highest BCUT2D eigenvalue weighted by molar-refractivity contribution is 6.30. The summed E-state index contributed by atoms with van der Waals surface area (Å²) in [7, 11) is 0. The fourth-order valence-corrected chi connectivity index (χ4v) is 1.86. The van der Waals surface area contributed by atoms with E-state index in [9.17, 15) is 9.59 Å². The van der Waals surface area contributed by atoms with Crippen LogP contribution in [-0.4, -0.2) is 23.5 Å². The van der Waals surface area contributed by atoms with Gasteiger partial charge < -0.3 is 4.74 Å². The molecule has 0 saturated heterocycles. The first-order valence-corrected chi connectivity index (χ1v) is 6.69. The molecule has 0 spiro atoms. The number of aromatic nitrogens is 1. The average Bonchev–Trinajstić information content (AvgIpc) is 2.49. The van der Waals surface area contributed by atoms with Crippen molar-refractivity contribution in [3.8, 4) is 0 Å². The molecule has 1 aromatic carbocycles. The van der Waals surface area contributed by atoms with Crippen LogP contribution in [0.2, 0.25) is 5.15 Å². The molecule has 6 heteroatoms. The number of carbonyl (C=O) groups is 2. The fraction of sp³-hybridized carbons (Fsp3) is 0.133. The van der Waals surface area contributed by atoms with Gasteiger partial charge in [0.1, 0.15) is 10.8 Å². The van der Waals surface area contributed by atoms with E-state index in [1.54, 1.807) is 37.3 Å². The summed E-state index contributed by atoms with van der Waals surface area (Å²) < 4.78 is 4.79. The van der Waals surface area contributed by atoms with Crippen LogP contribution in [0.3, 0.4) is 0 Å². The molecule has 108 valence electrons. The molecule has 0 aliphatic heterocycles.